The summed E-state index contributed by atoms with van der Waals surface area (Å²) in [6, 6.07) is 15.3. The maximum absolute atomic E-state index is 12.4. The highest BCUT2D eigenvalue weighted by molar-refractivity contribution is 5.91. The largest absolute Gasteiger partial charge is 0.485 e. The molecule has 7 heteroatoms. The van der Waals surface area contributed by atoms with Crippen LogP contribution >= 0.6 is 0 Å². The van der Waals surface area contributed by atoms with Gasteiger partial charge in [-0.2, -0.15) is 0 Å². The third-order valence-electron chi connectivity index (χ3n) is 4.63. The van der Waals surface area contributed by atoms with Gasteiger partial charge in [-0.05, 0) is 36.8 Å². The van der Waals surface area contributed by atoms with Gasteiger partial charge >= 0.3 is 0 Å². The molecule has 0 saturated heterocycles. The molecule has 0 atom stereocenters. The topological polar surface area (TPSA) is 90.1 Å². The standard InChI is InChI=1S/C24H22N4O3/c1-17-4-6-19(7-5-17)21-15-27-23(31-21)9-8-22(29)28-24-20(3-2-12-26-24)30-16-18-10-13-25-14-11-18/h2-7,10-15H,8-9,16H2,1H3,(H,26,28,29). The Labute approximate surface area is 180 Å². The first kappa shape index (κ1) is 20.3. The third kappa shape index (κ3) is 5.54. The van der Waals surface area contributed by atoms with Gasteiger partial charge in [-0.1, -0.05) is 29.8 Å². The van der Waals surface area contributed by atoms with E-state index < -0.39 is 0 Å². The molecule has 1 N–H and O–H groups in total. The molecule has 1 aromatic carbocycles. The number of nitrogens with zero attached hydrogens (tertiary/aromatic N) is 3. The summed E-state index contributed by atoms with van der Waals surface area (Å²) in [5.74, 6) is 1.90. The summed E-state index contributed by atoms with van der Waals surface area (Å²) in [5, 5.41) is 2.80. The number of hydrogen-bond acceptors (Lipinski definition) is 6. The minimum atomic E-state index is -0.192. The summed E-state index contributed by atoms with van der Waals surface area (Å²) >= 11 is 0. The minimum absolute atomic E-state index is 0.192. The van der Waals surface area contributed by atoms with Gasteiger partial charge in [0, 0.05) is 37.0 Å². The van der Waals surface area contributed by atoms with Crippen molar-refractivity contribution in [1.29, 1.82) is 0 Å². The van der Waals surface area contributed by atoms with Crippen molar-refractivity contribution in [2.75, 3.05) is 5.32 Å². The number of aryl methyl sites for hydroxylation is 2. The molecule has 31 heavy (non-hydrogen) atoms. The lowest BCUT2D eigenvalue weighted by atomic mass is 10.1. The van der Waals surface area contributed by atoms with Crippen LogP contribution in [0.3, 0.4) is 0 Å². The van der Waals surface area contributed by atoms with Crippen molar-refractivity contribution >= 4 is 11.7 Å². The monoisotopic (exact) mass is 414 g/mol. The Kier molecular flexibility index (Phi) is 6.32. The van der Waals surface area contributed by atoms with E-state index in [1.165, 1.54) is 5.56 Å². The summed E-state index contributed by atoms with van der Waals surface area (Å²) in [5.41, 5.74) is 3.11. The predicted molar refractivity (Wildman–Crippen MR) is 116 cm³/mol. The minimum Gasteiger partial charge on any atom is -0.485 e. The van der Waals surface area contributed by atoms with E-state index in [2.05, 4.69) is 20.3 Å². The van der Waals surface area contributed by atoms with Crippen molar-refractivity contribution in [2.24, 2.45) is 0 Å². The molecular formula is C24H22N4O3. The molecule has 0 spiro atoms. The van der Waals surface area contributed by atoms with Crippen LogP contribution in [-0.4, -0.2) is 20.9 Å². The van der Waals surface area contributed by atoms with E-state index in [4.69, 9.17) is 9.15 Å². The zero-order chi connectivity index (χ0) is 21.5. The Balaban J connectivity index is 1.33. The van der Waals surface area contributed by atoms with Gasteiger partial charge in [-0.25, -0.2) is 9.97 Å². The number of anilines is 1. The summed E-state index contributed by atoms with van der Waals surface area (Å²) in [7, 11) is 0. The van der Waals surface area contributed by atoms with E-state index in [0.29, 0.717) is 36.2 Å². The maximum atomic E-state index is 12.4. The van der Waals surface area contributed by atoms with Gasteiger partial charge in [0.15, 0.2) is 23.2 Å². The van der Waals surface area contributed by atoms with E-state index in [1.807, 2.05) is 43.3 Å². The molecule has 156 valence electrons. The number of nitrogens with one attached hydrogen (secondary N) is 1. The van der Waals surface area contributed by atoms with Crippen LogP contribution < -0.4 is 10.1 Å². The molecule has 0 aliphatic rings. The molecular weight excluding hydrogens is 392 g/mol. The number of amides is 1. The van der Waals surface area contributed by atoms with Crippen molar-refractivity contribution in [3.8, 4) is 17.1 Å². The molecule has 4 aromatic rings. The first-order valence-corrected chi connectivity index (χ1v) is 9.96. The molecule has 1 amide bonds. The van der Waals surface area contributed by atoms with Crippen LogP contribution in [0, 0.1) is 6.92 Å². The summed E-state index contributed by atoms with van der Waals surface area (Å²) in [6.45, 7) is 2.39. The number of hydrogen-bond donors (Lipinski definition) is 1. The van der Waals surface area contributed by atoms with Gasteiger partial charge in [0.25, 0.3) is 0 Å². The second-order valence-electron chi connectivity index (χ2n) is 7.03. The number of carbonyl (C=O) groups excluding carboxylic acids is 1. The van der Waals surface area contributed by atoms with Crippen LogP contribution in [0.1, 0.15) is 23.4 Å². The Morgan fingerprint density at radius 3 is 2.65 bits per heavy atom. The normalized spacial score (nSPS) is 10.6. The van der Waals surface area contributed by atoms with Crippen LogP contribution in [0.15, 0.2) is 77.7 Å². The van der Waals surface area contributed by atoms with Crippen molar-refractivity contribution in [3.05, 3.63) is 90.3 Å². The Morgan fingerprint density at radius 1 is 1.03 bits per heavy atom. The number of oxazole rings is 1. The average molecular weight is 414 g/mol. The van der Waals surface area contributed by atoms with Crippen molar-refractivity contribution in [1.82, 2.24) is 15.0 Å². The number of rotatable bonds is 8. The van der Waals surface area contributed by atoms with Crippen molar-refractivity contribution in [3.63, 3.8) is 0 Å². The zero-order valence-corrected chi connectivity index (χ0v) is 17.1. The first-order chi connectivity index (χ1) is 15.2. The van der Waals surface area contributed by atoms with Crippen LogP contribution in [0.5, 0.6) is 5.75 Å². The third-order valence-corrected chi connectivity index (χ3v) is 4.63. The van der Waals surface area contributed by atoms with Crippen LogP contribution in [0.25, 0.3) is 11.3 Å². The fourth-order valence-corrected chi connectivity index (χ4v) is 2.93. The van der Waals surface area contributed by atoms with Gasteiger partial charge < -0.3 is 14.5 Å². The van der Waals surface area contributed by atoms with Gasteiger partial charge in [-0.3, -0.25) is 9.78 Å². The number of pyridine rings is 2. The highest BCUT2D eigenvalue weighted by Gasteiger charge is 2.12. The Morgan fingerprint density at radius 2 is 1.84 bits per heavy atom. The second kappa shape index (κ2) is 9.67. The lowest BCUT2D eigenvalue weighted by Crippen LogP contribution is -2.14. The maximum Gasteiger partial charge on any atom is 0.226 e. The molecule has 0 bridgehead atoms. The molecule has 3 aromatic heterocycles. The van der Waals surface area contributed by atoms with Crippen molar-refractivity contribution < 1.29 is 13.9 Å². The molecule has 0 aliphatic heterocycles. The van der Waals surface area contributed by atoms with E-state index in [-0.39, 0.29) is 12.3 Å². The van der Waals surface area contributed by atoms with E-state index in [0.717, 1.165) is 11.1 Å². The molecule has 7 nitrogen and oxygen atoms in total. The molecule has 0 aliphatic carbocycles. The molecule has 4 rings (SSSR count). The molecule has 0 unspecified atom stereocenters. The van der Waals surface area contributed by atoms with Crippen LogP contribution in [0.2, 0.25) is 0 Å². The first-order valence-electron chi connectivity index (χ1n) is 9.96. The van der Waals surface area contributed by atoms with Crippen LogP contribution in [-0.2, 0) is 17.8 Å². The van der Waals surface area contributed by atoms with E-state index in [1.54, 1.807) is 36.9 Å². The van der Waals surface area contributed by atoms with E-state index in [9.17, 15) is 4.79 Å². The van der Waals surface area contributed by atoms with Crippen molar-refractivity contribution in [2.45, 2.75) is 26.4 Å². The lowest BCUT2D eigenvalue weighted by molar-refractivity contribution is -0.116. The number of benzene rings is 1. The van der Waals surface area contributed by atoms with Crippen LogP contribution in [0.4, 0.5) is 5.82 Å². The Hall–Kier alpha value is -4.00. The number of carbonyl (C=O) groups is 1. The summed E-state index contributed by atoms with van der Waals surface area (Å²) in [6.07, 6.45) is 7.31. The zero-order valence-electron chi connectivity index (χ0n) is 17.1. The highest BCUT2D eigenvalue weighted by Crippen LogP contribution is 2.23. The highest BCUT2D eigenvalue weighted by atomic mass is 16.5. The summed E-state index contributed by atoms with van der Waals surface area (Å²) in [4.78, 5) is 24.9. The number of ether oxygens (including phenoxy) is 1. The lowest BCUT2D eigenvalue weighted by Gasteiger charge is -2.11. The SMILES string of the molecule is Cc1ccc(-c2cnc(CCC(=O)Nc3ncccc3OCc3ccncc3)o2)cc1. The van der Waals surface area contributed by atoms with Gasteiger partial charge in [-0.15, -0.1) is 0 Å². The molecule has 0 fully saturated rings. The molecule has 0 saturated carbocycles. The second-order valence-corrected chi connectivity index (χ2v) is 7.03. The van der Waals surface area contributed by atoms with E-state index >= 15 is 0 Å². The van der Waals surface area contributed by atoms with Gasteiger partial charge in [0.05, 0.1) is 6.20 Å². The molecule has 0 radical (unpaired) electrons. The number of aromatic nitrogens is 3. The quantitative estimate of drug-likeness (QED) is 0.453. The van der Waals surface area contributed by atoms with Gasteiger partial charge in [0.2, 0.25) is 5.91 Å². The smallest absolute Gasteiger partial charge is 0.226 e. The average Bonchev–Trinajstić information content (AvgIpc) is 3.27. The fraction of sp³-hybridized carbons (Fsp3) is 0.167. The summed E-state index contributed by atoms with van der Waals surface area (Å²) < 4.78 is 11.6. The predicted octanol–water partition coefficient (Wildman–Crippen LogP) is 4.59. The fourth-order valence-electron chi connectivity index (χ4n) is 2.93. The van der Waals surface area contributed by atoms with Gasteiger partial charge in [0.1, 0.15) is 6.61 Å². The molecule has 3 heterocycles. The Bertz CT molecular complexity index is 1140.